The van der Waals surface area contributed by atoms with Crippen molar-refractivity contribution in [2.75, 3.05) is 7.11 Å². The summed E-state index contributed by atoms with van der Waals surface area (Å²) in [6, 6.07) is 18.2. The molecule has 0 N–H and O–H groups in total. The predicted molar refractivity (Wildman–Crippen MR) is 162 cm³/mol. The Labute approximate surface area is 252 Å². The van der Waals surface area contributed by atoms with E-state index in [1.165, 1.54) is 5.56 Å². The highest BCUT2D eigenvalue weighted by atomic mass is 32.2. The predicted octanol–water partition coefficient (Wildman–Crippen LogP) is 6.37. The molecule has 0 aliphatic heterocycles. The maximum Gasteiger partial charge on any atom is 0.339 e. The molecule has 0 amide bonds. The summed E-state index contributed by atoms with van der Waals surface area (Å²) in [5.41, 5.74) is 5.18. The molecule has 8 nitrogen and oxygen atoms in total. The van der Waals surface area contributed by atoms with Crippen LogP contribution in [0, 0.1) is 24.7 Å². The molecular weight excluding hydrogens is 562 g/mol. The van der Waals surface area contributed by atoms with E-state index in [1.54, 1.807) is 37.4 Å². The number of nitrogens with zero attached hydrogens (tertiary/aromatic N) is 3. The number of fused-ring (bicyclic) bond motifs is 3. The lowest BCUT2D eigenvalue weighted by Gasteiger charge is -2.42. The molecule has 3 aromatic carbocycles. The van der Waals surface area contributed by atoms with Gasteiger partial charge in [-0.25, -0.2) is 0 Å². The number of ether oxygens (including phenoxy) is 1. The Morgan fingerprint density at radius 2 is 1.77 bits per heavy atom. The Bertz CT molecular complexity index is 1850. The number of aromatic nitrogens is 3. The van der Waals surface area contributed by atoms with Crippen molar-refractivity contribution >= 4 is 15.9 Å². The number of Topliss-reactive ketones (excluding diaryl/α,β-unsaturated/α-hetero) is 1. The molecule has 0 unspecified atom stereocenters. The third-order valence-corrected chi connectivity index (χ3v) is 11.5. The van der Waals surface area contributed by atoms with Gasteiger partial charge in [-0.1, -0.05) is 35.9 Å². The number of hydrogen-bond donors (Lipinski definition) is 0. The van der Waals surface area contributed by atoms with Crippen LogP contribution in [0.25, 0.3) is 11.3 Å². The molecule has 1 aromatic heterocycles. The van der Waals surface area contributed by atoms with E-state index in [-0.39, 0.29) is 27.6 Å². The van der Waals surface area contributed by atoms with Gasteiger partial charge >= 0.3 is 10.1 Å². The molecule has 4 atom stereocenters. The highest BCUT2D eigenvalue weighted by Crippen LogP contribution is 2.72. The lowest BCUT2D eigenvalue weighted by atomic mass is 9.61. The van der Waals surface area contributed by atoms with E-state index in [0.29, 0.717) is 24.5 Å². The van der Waals surface area contributed by atoms with Gasteiger partial charge in [0.05, 0.1) is 19.9 Å². The minimum absolute atomic E-state index is 0.0466. The highest BCUT2D eigenvalue weighted by molar-refractivity contribution is 7.87. The average Bonchev–Trinajstić information content (AvgIpc) is 3.61. The first-order chi connectivity index (χ1) is 20.5. The summed E-state index contributed by atoms with van der Waals surface area (Å²) in [6.07, 6.45) is 5.09. The van der Waals surface area contributed by atoms with Crippen molar-refractivity contribution in [3.8, 4) is 22.8 Å². The van der Waals surface area contributed by atoms with Gasteiger partial charge in [0.2, 0.25) is 0 Å². The second-order valence-corrected chi connectivity index (χ2v) is 14.4. The van der Waals surface area contributed by atoms with Gasteiger partial charge in [-0.3, -0.25) is 9.48 Å². The van der Waals surface area contributed by atoms with Crippen molar-refractivity contribution in [2.45, 2.75) is 69.7 Å². The number of methoxy groups -OCH3 is 1. The molecule has 222 valence electrons. The fourth-order valence-electron chi connectivity index (χ4n) is 8.07. The van der Waals surface area contributed by atoms with Crippen LogP contribution >= 0.6 is 0 Å². The molecule has 3 aliphatic rings. The van der Waals surface area contributed by atoms with Crippen molar-refractivity contribution < 1.29 is 22.1 Å². The quantitative estimate of drug-likeness (QED) is 0.228. The molecule has 9 heteroatoms. The van der Waals surface area contributed by atoms with Crippen LogP contribution in [0.4, 0.5) is 0 Å². The number of benzene rings is 3. The van der Waals surface area contributed by atoms with Crippen molar-refractivity contribution in [3.63, 3.8) is 0 Å². The van der Waals surface area contributed by atoms with Crippen LogP contribution in [0.2, 0.25) is 0 Å². The monoisotopic (exact) mass is 597 g/mol. The van der Waals surface area contributed by atoms with Crippen LogP contribution in [0.3, 0.4) is 0 Å². The molecule has 2 saturated carbocycles. The van der Waals surface area contributed by atoms with Gasteiger partial charge in [0.25, 0.3) is 0 Å². The summed E-state index contributed by atoms with van der Waals surface area (Å²) in [7, 11) is -2.39. The Kier molecular flexibility index (Phi) is 6.32. The summed E-state index contributed by atoms with van der Waals surface area (Å²) in [5.74, 6) is 1.60. The molecule has 43 heavy (non-hydrogen) atoms. The van der Waals surface area contributed by atoms with Crippen LogP contribution in [0.5, 0.6) is 11.5 Å². The maximum atomic E-state index is 13.5. The molecule has 0 radical (unpaired) electrons. The first-order valence-corrected chi connectivity index (χ1v) is 16.2. The van der Waals surface area contributed by atoms with E-state index in [2.05, 4.69) is 17.2 Å². The van der Waals surface area contributed by atoms with E-state index in [1.807, 2.05) is 55.1 Å². The zero-order valence-corrected chi connectivity index (χ0v) is 25.6. The normalized spacial score (nSPS) is 25.8. The molecular formula is C34H35N3O5S. The minimum Gasteiger partial charge on any atom is -0.497 e. The van der Waals surface area contributed by atoms with Crippen molar-refractivity contribution in [1.82, 2.24) is 15.0 Å². The SMILES string of the molecule is COc1ccc(-c2cn(C[C@H]3c4c(ccc(OS(=O)(=O)c5ccc(C)cc5)c4C)[C@@H]4CC[C@@]5(C)C[C@]43CC5=O)nn2)cc1. The van der Waals surface area contributed by atoms with E-state index >= 15 is 0 Å². The lowest BCUT2D eigenvalue weighted by molar-refractivity contribution is -0.125. The number of ketones is 1. The van der Waals surface area contributed by atoms with Crippen molar-refractivity contribution in [3.05, 3.63) is 89.1 Å². The summed E-state index contributed by atoms with van der Waals surface area (Å²) < 4.78 is 39.5. The van der Waals surface area contributed by atoms with Crippen LogP contribution in [0.1, 0.15) is 66.7 Å². The van der Waals surface area contributed by atoms with Crippen LogP contribution in [0.15, 0.2) is 71.8 Å². The van der Waals surface area contributed by atoms with Crippen LogP contribution < -0.4 is 8.92 Å². The highest BCUT2D eigenvalue weighted by Gasteiger charge is 2.65. The second kappa shape index (κ2) is 9.77. The third kappa shape index (κ3) is 4.39. The summed E-state index contributed by atoms with van der Waals surface area (Å²) in [4.78, 5) is 13.6. The molecule has 2 bridgehead atoms. The molecule has 1 spiro atoms. The number of carbonyl (C=O) groups is 1. The molecule has 0 saturated heterocycles. The average molecular weight is 598 g/mol. The summed E-state index contributed by atoms with van der Waals surface area (Å²) in [6.45, 7) is 6.51. The van der Waals surface area contributed by atoms with E-state index in [0.717, 1.165) is 53.0 Å². The zero-order chi connectivity index (χ0) is 30.1. The molecule has 7 rings (SSSR count). The first kappa shape index (κ1) is 27.8. The fourth-order valence-corrected chi connectivity index (χ4v) is 9.05. The standard InChI is InChI=1S/C34H35N3O5S/c1-21-5-11-25(12-6-21)43(39,40)42-30-14-13-26-27-15-16-33(3)20-34(27,17-31(33)38)28(32(26)22(30)2)18-37-19-29(35-36-37)23-7-9-24(41-4)10-8-23/h5-14,19,27-28H,15-18,20H2,1-4H3/t27-,28-,33-,34+/m0/s1. The molecule has 2 fully saturated rings. The zero-order valence-electron chi connectivity index (χ0n) is 24.8. The largest absolute Gasteiger partial charge is 0.497 e. The van der Waals surface area contributed by atoms with Gasteiger partial charge < -0.3 is 8.92 Å². The number of rotatable bonds is 7. The third-order valence-electron chi connectivity index (χ3n) is 10.3. The van der Waals surface area contributed by atoms with Crippen LogP contribution in [-0.4, -0.2) is 36.3 Å². The lowest BCUT2D eigenvalue weighted by Crippen LogP contribution is -2.35. The Hall–Kier alpha value is -3.98. The number of carbonyl (C=O) groups excluding carboxylic acids is 1. The number of aryl methyl sites for hydroxylation is 1. The minimum atomic E-state index is -4.03. The van der Waals surface area contributed by atoms with E-state index < -0.39 is 10.1 Å². The first-order valence-electron chi connectivity index (χ1n) is 14.8. The Morgan fingerprint density at radius 3 is 2.49 bits per heavy atom. The van der Waals surface area contributed by atoms with E-state index in [4.69, 9.17) is 8.92 Å². The summed E-state index contributed by atoms with van der Waals surface area (Å²) in [5, 5.41) is 8.97. The van der Waals surface area contributed by atoms with Gasteiger partial charge in [-0.2, -0.15) is 8.42 Å². The Morgan fingerprint density at radius 1 is 1.02 bits per heavy atom. The second-order valence-electron chi connectivity index (χ2n) is 12.8. The molecule has 1 heterocycles. The smallest absolute Gasteiger partial charge is 0.339 e. The summed E-state index contributed by atoms with van der Waals surface area (Å²) >= 11 is 0. The van der Waals surface area contributed by atoms with Crippen molar-refractivity contribution in [1.29, 1.82) is 0 Å². The van der Waals surface area contributed by atoms with Gasteiger partial charge in [-0.15, -0.1) is 5.10 Å². The topological polar surface area (TPSA) is 100 Å². The number of hydrogen-bond acceptors (Lipinski definition) is 7. The van der Waals surface area contributed by atoms with Crippen molar-refractivity contribution in [2.24, 2.45) is 10.8 Å². The van der Waals surface area contributed by atoms with Crippen LogP contribution in [-0.2, 0) is 21.5 Å². The van der Waals surface area contributed by atoms with Gasteiger partial charge in [0, 0.05) is 23.3 Å². The van der Waals surface area contributed by atoms with Gasteiger partial charge in [0.1, 0.15) is 27.9 Å². The molecule has 4 aromatic rings. The maximum absolute atomic E-state index is 13.5. The van der Waals surface area contributed by atoms with E-state index in [9.17, 15) is 13.2 Å². The Balaban J connectivity index is 1.28. The molecule has 3 aliphatic carbocycles. The van der Waals surface area contributed by atoms with Gasteiger partial charge in [-0.05, 0) is 104 Å². The fraction of sp³-hybridized carbons (Fsp3) is 0.382. The van der Waals surface area contributed by atoms with Gasteiger partial charge in [0.15, 0.2) is 0 Å².